The van der Waals surface area contributed by atoms with Crippen molar-refractivity contribution in [3.63, 3.8) is 0 Å². The molecule has 84 valence electrons. The van der Waals surface area contributed by atoms with Gasteiger partial charge in [-0.15, -0.1) is 0 Å². The fourth-order valence-electron chi connectivity index (χ4n) is 1.68. The highest BCUT2D eigenvalue weighted by molar-refractivity contribution is 6.38. The summed E-state index contributed by atoms with van der Waals surface area (Å²) in [5, 5.41) is 8.44. The monoisotopic (exact) mass is 218 g/mol. The van der Waals surface area contributed by atoms with Gasteiger partial charge in [0.2, 0.25) is 0 Å². The van der Waals surface area contributed by atoms with Gasteiger partial charge >= 0.3 is 5.97 Å². The van der Waals surface area contributed by atoms with Crippen LogP contribution in [0.1, 0.15) is 22.3 Å². The molecule has 0 aromatic heterocycles. The van der Waals surface area contributed by atoms with E-state index in [2.05, 4.69) is 0 Å². The number of carbonyl (C=O) groups is 2. The average molecular weight is 218 g/mol. The lowest BCUT2D eigenvalue weighted by Gasteiger charge is -2.06. The van der Waals surface area contributed by atoms with E-state index in [9.17, 15) is 9.59 Å². The maximum Gasteiger partial charge on any atom is 0.376 e. The number of carbonyl (C=O) groups excluding carboxylic acids is 1. The van der Waals surface area contributed by atoms with Gasteiger partial charge in [0.25, 0.3) is 5.78 Å². The van der Waals surface area contributed by atoms with E-state index in [1.807, 2.05) is 32.9 Å². The molecule has 3 nitrogen and oxygen atoms in total. The Balaban J connectivity index is 3.07. The molecule has 0 saturated heterocycles. The highest BCUT2D eigenvalue weighted by Crippen LogP contribution is 2.17. The molecule has 0 aliphatic carbocycles. The zero-order chi connectivity index (χ0) is 12.3. The highest BCUT2D eigenvalue weighted by Gasteiger charge is 2.07. The number of benzene rings is 1. The molecule has 0 unspecified atom stereocenters. The Morgan fingerprint density at radius 2 is 1.62 bits per heavy atom. The van der Waals surface area contributed by atoms with Crippen LogP contribution in [0.15, 0.2) is 18.2 Å². The predicted molar refractivity (Wildman–Crippen MR) is 62.3 cm³/mol. The molecule has 0 fully saturated rings. The van der Waals surface area contributed by atoms with Gasteiger partial charge in [-0.1, -0.05) is 23.8 Å². The fraction of sp³-hybridized carbons (Fsp3) is 0.231. The number of aryl methyl sites for hydroxylation is 3. The Morgan fingerprint density at radius 3 is 2.06 bits per heavy atom. The van der Waals surface area contributed by atoms with Gasteiger partial charge in [-0.2, -0.15) is 0 Å². The molecule has 0 aliphatic heterocycles. The largest absolute Gasteiger partial charge is 0.475 e. The van der Waals surface area contributed by atoms with Crippen LogP contribution >= 0.6 is 0 Å². The molecule has 1 rings (SSSR count). The van der Waals surface area contributed by atoms with Gasteiger partial charge in [0.15, 0.2) is 0 Å². The lowest BCUT2D eigenvalue weighted by Crippen LogP contribution is -2.08. The number of hydrogen-bond acceptors (Lipinski definition) is 2. The molecule has 0 spiro atoms. The number of hydrogen-bond donors (Lipinski definition) is 1. The minimum atomic E-state index is -1.43. The Kier molecular flexibility index (Phi) is 3.61. The van der Waals surface area contributed by atoms with Crippen molar-refractivity contribution < 1.29 is 14.7 Å². The third-order valence-corrected chi connectivity index (χ3v) is 2.35. The Hall–Kier alpha value is -1.90. The molecule has 16 heavy (non-hydrogen) atoms. The van der Waals surface area contributed by atoms with E-state index in [0.717, 1.165) is 28.3 Å². The maximum absolute atomic E-state index is 10.9. The third-order valence-electron chi connectivity index (χ3n) is 2.35. The summed E-state index contributed by atoms with van der Waals surface area (Å²) in [5.74, 6) is -2.34. The molecule has 1 aromatic rings. The number of carboxylic acids is 1. The summed E-state index contributed by atoms with van der Waals surface area (Å²) in [6.45, 7) is 5.87. The summed E-state index contributed by atoms with van der Waals surface area (Å²) in [6, 6.07) is 4.00. The van der Waals surface area contributed by atoms with E-state index in [0.29, 0.717) is 0 Å². The number of carboxylic acid groups (broad SMARTS) is 1. The van der Waals surface area contributed by atoms with Crippen LogP contribution in [0.2, 0.25) is 0 Å². The second kappa shape index (κ2) is 4.75. The molecule has 0 bridgehead atoms. The standard InChI is InChI=1S/C13H14O3/c1-8-6-9(2)11(10(3)7-8)4-5-12(14)13(15)16/h4-7H,1-3H3,(H,15,16)/b5-4+. The summed E-state index contributed by atoms with van der Waals surface area (Å²) in [7, 11) is 0. The molecule has 0 aliphatic rings. The van der Waals surface area contributed by atoms with Crippen molar-refractivity contribution in [3.05, 3.63) is 40.5 Å². The van der Waals surface area contributed by atoms with E-state index in [-0.39, 0.29) is 0 Å². The first-order valence-electron chi connectivity index (χ1n) is 4.95. The highest BCUT2D eigenvalue weighted by atomic mass is 16.4. The Labute approximate surface area is 94.4 Å². The van der Waals surface area contributed by atoms with Gasteiger partial charge < -0.3 is 5.11 Å². The smallest absolute Gasteiger partial charge is 0.376 e. The van der Waals surface area contributed by atoms with Crippen molar-refractivity contribution in [1.29, 1.82) is 0 Å². The van der Waals surface area contributed by atoms with Crippen LogP contribution in [0.5, 0.6) is 0 Å². The summed E-state index contributed by atoms with van der Waals surface area (Å²) >= 11 is 0. The van der Waals surface area contributed by atoms with Gasteiger partial charge in [-0.25, -0.2) is 4.79 Å². The molecular formula is C13H14O3. The number of rotatable bonds is 3. The second-order valence-electron chi connectivity index (χ2n) is 3.82. The Bertz CT molecular complexity index is 447. The first-order chi connectivity index (χ1) is 7.41. The van der Waals surface area contributed by atoms with E-state index in [4.69, 9.17) is 5.11 Å². The number of ketones is 1. The van der Waals surface area contributed by atoms with Crippen LogP contribution in [0.25, 0.3) is 6.08 Å². The second-order valence-corrected chi connectivity index (χ2v) is 3.82. The molecule has 0 radical (unpaired) electrons. The fourth-order valence-corrected chi connectivity index (χ4v) is 1.68. The van der Waals surface area contributed by atoms with Crippen LogP contribution in [-0.4, -0.2) is 16.9 Å². The molecule has 0 atom stereocenters. The van der Waals surface area contributed by atoms with E-state index in [1.165, 1.54) is 0 Å². The minimum Gasteiger partial charge on any atom is -0.475 e. The van der Waals surface area contributed by atoms with Crippen molar-refractivity contribution in [3.8, 4) is 0 Å². The van der Waals surface area contributed by atoms with Gasteiger partial charge in [0.1, 0.15) is 0 Å². The van der Waals surface area contributed by atoms with E-state index >= 15 is 0 Å². The average Bonchev–Trinajstić information content (AvgIpc) is 2.15. The molecule has 1 N–H and O–H groups in total. The van der Waals surface area contributed by atoms with Crippen molar-refractivity contribution in [1.82, 2.24) is 0 Å². The van der Waals surface area contributed by atoms with Crippen LogP contribution in [-0.2, 0) is 9.59 Å². The topological polar surface area (TPSA) is 54.4 Å². The van der Waals surface area contributed by atoms with E-state index < -0.39 is 11.8 Å². The predicted octanol–water partition coefficient (Wildman–Crippen LogP) is 2.28. The minimum absolute atomic E-state index is 0.903. The summed E-state index contributed by atoms with van der Waals surface area (Å²) in [5.41, 5.74) is 4.12. The molecule has 3 heteroatoms. The quantitative estimate of drug-likeness (QED) is 0.625. The Morgan fingerprint density at radius 1 is 1.12 bits per heavy atom. The zero-order valence-electron chi connectivity index (χ0n) is 9.57. The number of aliphatic carboxylic acids is 1. The zero-order valence-corrected chi connectivity index (χ0v) is 9.57. The first-order valence-corrected chi connectivity index (χ1v) is 4.95. The lowest BCUT2D eigenvalue weighted by molar-refractivity contribution is -0.146. The van der Waals surface area contributed by atoms with Crippen molar-refractivity contribution in [2.24, 2.45) is 0 Å². The molecule has 0 saturated carbocycles. The normalized spacial score (nSPS) is 10.7. The summed E-state index contributed by atoms with van der Waals surface area (Å²) in [4.78, 5) is 21.3. The van der Waals surface area contributed by atoms with Crippen LogP contribution in [0.4, 0.5) is 0 Å². The van der Waals surface area contributed by atoms with Crippen molar-refractivity contribution in [2.45, 2.75) is 20.8 Å². The summed E-state index contributed by atoms with van der Waals surface area (Å²) < 4.78 is 0. The van der Waals surface area contributed by atoms with Crippen LogP contribution in [0, 0.1) is 20.8 Å². The third kappa shape index (κ3) is 2.79. The van der Waals surface area contributed by atoms with E-state index in [1.54, 1.807) is 6.08 Å². The molecule has 0 amide bonds. The van der Waals surface area contributed by atoms with Crippen molar-refractivity contribution in [2.75, 3.05) is 0 Å². The van der Waals surface area contributed by atoms with Gasteiger partial charge in [-0.3, -0.25) is 4.79 Å². The SMILES string of the molecule is Cc1cc(C)c(/C=C/C(=O)C(=O)O)c(C)c1. The van der Waals surface area contributed by atoms with Gasteiger partial charge in [0, 0.05) is 0 Å². The van der Waals surface area contributed by atoms with Gasteiger partial charge in [0.05, 0.1) is 0 Å². The van der Waals surface area contributed by atoms with Crippen LogP contribution < -0.4 is 0 Å². The maximum atomic E-state index is 10.9. The molecule has 1 aromatic carbocycles. The van der Waals surface area contributed by atoms with Gasteiger partial charge in [-0.05, 0) is 43.5 Å². The molecule has 0 heterocycles. The molecular weight excluding hydrogens is 204 g/mol. The first kappa shape index (κ1) is 12.2. The van der Waals surface area contributed by atoms with Crippen LogP contribution in [0.3, 0.4) is 0 Å². The van der Waals surface area contributed by atoms with Crippen molar-refractivity contribution >= 4 is 17.8 Å². The summed E-state index contributed by atoms with van der Waals surface area (Å²) in [6.07, 6.45) is 2.65. The lowest BCUT2D eigenvalue weighted by atomic mass is 9.99.